The van der Waals surface area contributed by atoms with Crippen molar-refractivity contribution in [3.63, 3.8) is 0 Å². The number of piperidine rings is 1. The van der Waals surface area contributed by atoms with Crippen LogP contribution in [0.2, 0.25) is 5.02 Å². The number of carbonyl (C=O) groups is 2. The lowest BCUT2D eigenvalue weighted by Crippen LogP contribution is -2.43. The highest BCUT2D eigenvalue weighted by Gasteiger charge is 2.29. The molecule has 1 heterocycles. The highest BCUT2D eigenvalue weighted by Crippen LogP contribution is 2.28. The molecule has 8 nitrogen and oxygen atoms in total. The molecular formula is C23H29ClN4O4S. The van der Waals surface area contributed by atoms with Crippen LogP contribution >= 0.6 is 11.6 Å². The molecule has 0 spiro atoms. The molecule has 0 bridgehead atoms. The molecular weight excluding hydrogens is 464 g/mol. The number of nitrogens with one attached hydrogen (secondary N) is 2. The normalized spacial score (nSPS) is 14.8. The zero-order chi connectivity index (χ0) is 24.0. The molecule has 1 aliphatic rings. The first-order valence-corrected chi connectivity index (χ1v) is 12.8. The number of likely N-dealkylation sites (tertiary alicyclic amines) is 1. The minimum absolute atomic E-state index is 0.0296. The van der Waals surface area contributed by atoms with Gasteiger partial charge in [0.2, 0.25) is 15.9 Å². The van der Waals surface area contributed by atoms with E-state index in [9.17, 15) is 18.0 Å². The molecule has 2 aromatic rings. The predicted octanol–water partition coefficient (Wildman–Crippen LogP) is 4.25. The van der Waals surface area contributed by atoms with Crippen LogP contribution in [0.5, 0.6) is 0 Å². The van der Waals surface area contributed by atoms with Crippen LogP contribution in [0.3, 0.4) is 0 Å². The van der Waals surface area contributed by atoms with Gasteiger partial charge in [-0.2, -0.15) is 4.31 Å². The molecule has 3 amide bonds. The predicted molar refractivity (Wildman–Crippen MR) is 130 cm³/mol. The van der Waals surface area contributed by atoms with E-state index < -0.39 is 10.0 Å². The highest BCUT2D eigenvalue weighted by atomic mass is 35.5. The molecule has 2 aromatic carbocycles. The molecule has 0 saturated carbocycles. The summed E-state index contributed by atoms with van der Waals surface area (Å²) < 4.78 is 27.1. The Kier molecular flexibility index (Phi) is 8.34. The maximum absolute atomic E-state index is 12.9. The van der Waals surface area contributed by atoms with Crippen LogP contribution in [0.4, 0.5) is 16.2 Å². The van der Waals surface area contributed by atoms with Crippen LogP contribution in [0.15, 0.2) is 53.4 Å². The molecule has 1 saturated heterocycles. The molecule has 2 N–H and O–H groups in total. The Morgan fingerprint density at radius 2 is 1.64 bits per heavy atom. The Hall–Kier alpha value is -2.62. The third kappa shape index (κ3) is 6.04. The number of benzene rings is 2. The number of rotatable bonds is 7. The molecule has 178 valence electrons. The van der Waals surface area contributed by atoms with Crippen LogP contribution in [0.1, 0.15) is 26.7 Å². The Balaban J connectivity index is 1.61. The van der Waals surface area contributed by atoms with Gasteiger partial charge in [-0.3, -0.25) is 4.79 Å². The van der Waals surface area contributed by atoms with E-state index in [0.29, 0.717) is 44.7 Å². The Labute approximate surface area is 200 Å². The van der Waals surface area contributed by atoms with Crippen molar-refractivity contribution in [1.29, 1.82) is 0 Å². The van der Waals surface area contributed by atoms with E-state index in [1.165, 1.54) is 16.4 Å². The number of para-hydroxylation sites is 1. The topological polar surface area (TPSA) is 98.8 Å². The summed E-state index contributed by atoms with van der Waals surface area (Å²) in [5, 5.41) is 5.77. The Bertz CT molecular complexity index is 1080. The summed E-state index contributed by atoms with van der Waals surface area (Å²) in [7, 11) is -3.76. The van der Waals surface area contributed by atoms with E-state index >= 15 is 0 Å². The lowest BCUT2D eigenvalue weighted by molar-refractivity contribution is -0.121. The second kappa shape index (κ2) is 11.0. The molecule has 0 aliphatic carbocycles. The molecule has 3 rings (SSSR count). The van der Waals surface area contributed by atoms with Crippen molar-refractivity contribution < 1.29 is 18.0 Å². The van der Waals surface area contributed by atoms with E-state index in [4.69, 9.17) is 11.6 Å². The van der Waals surface area contributed by atoms with Crippen LogP contribution in [0.25, 0.3) is 0 Å². The summed E-state index contributed by atoms with van der Waals surface area (Å²) in [6, 6.07) is 13.5. The van der Waals surface area contributed by atoms with Gasteiger partial charge in [-0.1, -0.05) is 43.6 Å². The summed E-state index contributed by atoms with van der Waals surface area (Å²) in [6.45, 7) is 5.07. The van der Waals surface area contributed by atoms with Gasteiger partial charge < -0.3 is 15.5 Å². The first kappa shape index (κ1) is 25.0. The van der Waals surface area contributed by atoms with Crippen LogP contribution in [-0.4, -0.2) is 55.7 Å². The fourth-order valence-electron chi connectivity index (χ4n) is 3.79. The molecule has 0 unspecified atom stereocenters. The number of nitrogens with zero attached hydrogens (tertiary/aromatic N) is 2. The van der Waals surface area contributed by atoms with Crippen molar-refractivity contribution in [2.45, 2.75) is 31.6 Å². The smallest absolute Gasteiger partial charge is 0.321 e. The highest BCUT2D eigenvalue weighted by molar-refractivity contribution is 7.89. The quantitative estimate of drug-likeness (QED) is 0.603. The number of carbonyl (C=O) groups excluding carboxylic acids is 2. The van der Waals surface area contributed by atoms with Crippen molar-refractivity contribution in [2.24, 2.45) is 5.92 Å². The summed E-state index contributed by atoms with van der Waals surface area (Å²) in [5.74, 6) is -0.476. The standard InChI is InChI=1S/C23H29ClN4O4S/c1-3-28(4-2)33(31,32)21-16-19(10-11-20(21)24)25-22(29)17-12-14-27(15-13-17)23(30)26-18-8-6-5-7-9-18/h5-11,16-17H,3-4,12-15H2,1-2H3,(H,25,29)(H,26,30). The zero-order valence-electron chi connectivity index (χ0n) is 18.8. The van der Waals surface area contributed by atoms with Gasteiger partial charge >= 0.3 is 6.03 Å². The van der Waals surface area contributed by atoms with Crippen molar-refractivity contribution in [1.82, 2.24) is 9.21 Å². The minimum Gasteiger partial charge on any atom is -0.326 e. The lowest BCUT2D eigenvalue weighted by Gasteiger charge is -2.31. The Morgan fingerprint density at radius 1 is 1.00 bits per heavy atom. The number of anilines is 2. The molecule has 1 aliphatic heterocycles. The summed E-state index contributed by atoms with van der Waals surface area (Å²) in [5.41, 5.74) is 1.10. The largest absolute Gasteiger partial charge is 0.326 e. The third-order valence-electron chi connectivity index (χ3n) is 5.70. The molecule has 0 atom stereocenters. The molecule has 0 aromatic heterocycles. The minimum atomic E-state index is -3.76. The number of hydrogen-bond acceptors (Lipinski definition) is 4. The maximum atomic E-state index is 12.9. The third-order valence-corrected chi connectivity index (χ3v) is 8.23. The van der Waals surface area contributed by atoms with E-state index in [-0.39, 0.29) is 27.8 Å². The van der Waals surface area contributed by atoms with Gasteiger partial charge in [0.05, 0.1) is 5.02 Å². The first-order chi connectivity index (χ1) is 15.8. The van der Waals surface area contributed by atoms with Gasteiger partial charge in [0, 0.05) is 43.5 Å². The summed E-state index contributed by atoms with van der Waals surface area (Å²) >= 11 is 6.17. The van der Waals surface area contributed by atoms with E-state index in [1.54, 1.807) is 24.8 Å². The van der Waals surface area contributed by atoms with Gasteiger partial charge in [0.15, 0.2) is 0 Å². The van der Waals surface area contributed by atoms with Gasteiger partial charge in [0.1, 0.15) is 4.90 Å². The summed E-state index contributed by atoms with van der Waals surface area (Å²) in [6.07, 6.45) is 1.04. The molecule has 1 fully saturated rings. The van der Waals surface area contributed by atoms with Crippen molar-refractivity contribution in [2.75, 3.05) is 36.8 Å². The molecule has 10 heteroatoms. The van der Waals surface area contributed by atoms with Gasteiger partial charge in [-0.05, 0) is 43.2 Å². The van der Waals surface area contributed by atoms with E-state index in [2.05, 4.69) is 10.6 Å². The average Bonchev–Trinajstić information content (AvgIpc) is 2.81. The zero-order valence-corrected chi connectivity index (χ0v) is 20.3. The fourth-order valence-corrected chi connectivity index (χ4v) is 5.75. The van der Waals surface area contributed by atoms with Crippen molar-refractivity contribution in [3.8, 4) is 0 Å². The average molecular weight is 493 g/mol. The van der Waals surface area contributed by atoms with Gasteiger partial charge in [0.25, 0.3) is 0 Å². The van der Waals surface area contributed by atoms with Crippen LogP contribution < -0.4 is 10.6 Å². The maximum Gasteiger partial charge on any atom is 0.321 e. The molecule has 33 heavy (non-hydrogen) atoms. The number of amides is 3. The van der Waals surface area contributed by atoms with Crippen LogP contribution in [0, 0.1) is 5.92 Å². The lowest BCUT2D eigenvalue weighted by atomic mass is 9.96. The number of urea groups is 1. The number of sulfonamides is 1. The van der Waals surface area contributed by atoms with Crippen molar-refractivity contribution >= 4 is 44.9 Å². The van der Waals surface area contributed by atoms with Gasteiger partial charge in [-0.25, -0.2) is 13.2 Å². The second-order valence-corrected chi connectivity index (χ2v) is 10.1. The number of halogens is 1. The monoisotopic (exact) mass is 492 g/mol. The second-order valence-electron chi connectivity index (χ2n) is 7.78. The van der Waals surface area contributed by atoms with Crippen LogP contribution in [-0.2, 0) is 14.8 Å². The Morgan fingerprint density at radius 3 is 2.24 bits per heavy atom. The van der Waals surface area contributed by atoms with Crippen molar-refractivity contribution in [3.05, 3.63) is 53.6 Å². The number of hydrogen-bond donors (Lipinski definition) is 2. The summed E-state index contributed by atoms with van der Waals surface area (Å²) in [4.78, 5) is 26.9. The fraction of sp³-hybridized carbons (Fsp3) is 0.391. The van der Waals surface area contributed by atoms with Gasteiger partial charge in [-0.15, -0.1) is 0 Å². The first-order valence-electron chi connectivity index (χ1n) is 11.0. The van der Waals surface area contributed by atoms with E-state index in [0.717, 1.165) is 5.69 Å². The van der Waals surface area contributed by atoms with E-state index in [1.807, 2.05) is 30.3 Å². The SMILES string of the molecule is CCN(CC)S(=O)(=O)c1cc(NC(=O)C2CCN(C(=O)Nc3ccccc3)CC2)ccc1Cl. The molecule has 0 radical (unpaired) electrons.